The first-order valence-electron chi connectivity index (χ1n) is 6.54. The average molecular weight is 226 g/mol. The van der Waals surface area contributed by atoms with Crippen molar-refractivity contribution in [3.63, 3.8) is 0 Å². The molecular weight excluding hydrogens is 200 g/mol. The lowest BCUT2D eigenvalue weighted by Crippen LogP contribution is -2.49. The van der Waals surface area contributed by atoms with E-state index in [4.69, 9.17) is 0 Å². The maximum atomic E-state index is 11.7. The first kappa shape index (κ1) is 13.5. The zero-order valence-corrected chi connectivity index (χ0v) is 11.0. The van der Waals surface area contributed by atoms with Crippen molar-refractivity contribution in [1.82, 2.24) is 10.6 Å². The summed E-state index contributed by atoms with van der Waals surface area (Å²) in [6.07, 6.45) is 3.98. The molecule has 2 N–H and O–H groups in total. The Labute approximate surface area is 99.4 Å². The molecule has 1 fully saturated rings. The highest BCUT2D eigenvalue weighted by molar-refractivity contribution is 5.81. The Morgan fingerprint density at radius 3 is 2.31 bits per heavy atom. The lowest BCUT2D eigenvalue weighted by Gasteiger charge is -2.33. The highest BCUT2D eigenvalue weighted by atomic mass is 16.2. The van der Waals surface area contributed by atoms with Crippen LogP contribution in [0.25, 0.3) is 0 Å². The fourth-order valence-corrected chi connectivity index (χ4v) is 2.00. The van der Waals surface area contributed by atoms with Crippen LogP contribution in [0.5, 0.6) is 0 Å². The van der Waals surface area contributed by atoms with Crippen LogP contribution in [0, 0.1) is 11.8 Å². The van der Waals surface area contributed by atoms with Crippen molar-refractivity contribution in [3.05, 3.63) is 0 Å². The van der Waals surface area contributed by atoms with Crippen molar-refractivity contribution in [2.24, 2.45) is 11.8 Å². The van der Waals surface area contributed by atoms with Crippen LogP contribution in [-0.4, -0.2) is 24.5 Å². The predicted molar refractivity (Wildman–Crippen MR) is 67.2 cm³/mol. The minimum absolute atomic E-state index is 0.0747. The Morgan fingerprint density at radius 2 is 1.88 bits per heavy atom. The van der Waals surface area contributed by atoms with Crippen LogP contribution >= 0.6 is 0 Å². The van der Waals surface area contributed by atoms with E-state index in [0.717, 1.165) is 12.5 Å². The van der Waals surface area contributed by atoms with Crippen molar-refractivity contribution in [2.45, 2.75) is 59.0 Å². The normalized spacial score (nSPS) is 20.3. The molecule has 1 amide bonds. The molecule has 94 valence electrons. The Hall–Kier alpha value is -0.570. The molecule has 0 aromatic heterocycles. The number of carbonyl (C=O) groups excluding carboxylic acids is 1. The number of amides is 1. The van der Waals surface area contributed by atoms with Gasteiger partial charge in [0.2, 0.25) is 5.91 Å². The molecule has 0 heterocycles. The van der Waals surface area contributed by atoms with E-state index in [1.54, 1.807) is 0 Å². The molecule has 0 bridgehead atoms. The molecule has 0 aliphatic heterocycles. The summed E-state index contributed by atoms with van der Waals surface area (Å²) in [6, 6.07) is 0.392. The van der Waals surface area contributed by atoms with E-state index < -0.39 is 0 Å². The topological polar surface area (TPSA) is 41.1 Å². The van der Waals surface area contributed by atoms with Crippen LogP contribution in [0.4, 0.5) is 0 Å². The van der Waals surface area contributed by atoms with E-state index >= 15 is 0 Å². The molecule has 3 heteroatoms. The zero-order valence-electron chi connectivity index (χ0n) is 11.0. The van der Waals surface area contributed by atoms with E-state index in [2.05, 4.69) is 31.4 Å². The second-order valence-electron chi connectivity index (χ2n) is 5.51. The number of rotatable bonds is 6. The maximum absolute atomic E-state index is 11.7. The van der Waals surface area contributed by atoms with Crippen molar-refractivity contribution >= 4 is 5.91 Å². The van der Waals surface area contributed by atoms with E-state index in [9.17, 15) is 4.79 Å². The van der Waals surface area contributed by atoms with Gasteiger partial charge in [0.15, 0.2) is 0 Å². The van der Waals surface area contributed by atoms with Gasteiger partial charge in [0, 0.05) is 12.6 Å². The van der Waals surface area contributed by atoms with Crippen molar-refractivity contribution in [3.8, 4) is 0 Å². The van der Waals surface area contributed by atoms with E-state index in [0.29, 0.717) is 12.0 Å². The molecular formula is C13H26N2O. The molecule has 0 spiro atoms. The van der Waals surface area contributed by atoms with Crippen LogP contribution in [0.1, 0.15) is 47.0 Å². The summed E-state index contributed by atoms with van der Waals surface area (Å²) in [7, 11) is 0. The highest BCUT2D eigenvalue weighted by Gasteiger charge is 2.26. The van der Waals surface area contributed by atoms with Crippen LogP contribution in [-0.2, 0) is 4.79 Å². The minimum atomic E-state index is -0.0747. The summed E-state index contributed by atoms with van der Waals surface area (Å²) in [5.74, 6) is 1.42. The minimum Gasteiger partial charge on any atom is -0.354 e. The fraction of sp³-hybridized carbons (Fsp3) is 0.923. The largest absolute Gasteiger partial charge is 0.354 e. The van der Waals surface area contributed by atoms with Gasteiger partial charge in [-0.25, -0.2) is 0 Å². The van der Waals surface area contributed by atoms with Crippen molar-refractivity contribution in [2.75, 3.05) is 6.54 Å². The lowest BCUT2D eigenvalue weighted by atomic mass is 9.80. The highest BCUT2D eigenvalue weighted by Crippen LogP contribution is 2.29. The Morgan fingerprint density at radius 1 is 1.25 bits per heavy atom. The van der Waals surface area contributed by atoms with Crippen LogP contribution < -0.4 is 10.6 Å². The molecule has 2 unspecified atom stereocenters. The third kappa shape index (κ3) is 4.12. The Balaban J connectivity index is 2.21. The van der Waals surface area contributed by atoms with Gasteiger partial charge in [-0.2, -0.15) is 0 Å². The first-order valence-corrected chi connectivity index (χ1v) is 6.54. The standard InChI is InChI=1S/C13H26N2O/c1-9(2)8-14-13(16)11(4)15-10(3)12-6-5-7-12/h9-12,15H,5-8H2,1-4H3,(H,14,16). The van der Waals surface area contributed by atoms with Gasteiger partial charge in [0.25, 0.3) is 0 Å². The number of nitrogens with one attached hydrogen (secondary N) is 2. The van der Waals surface area contributed by atoms with Gasteiger partial charge in [-0.15, -0.1) is 0 Å². The van der Waals surface area contributed by atoms with Crippen molar-refractivity contribution < 1.29 is 4.79 Å². The molecule has 1 aliphatic rings. The summed E-state index contributed by atoms with van der Waals surface area (Å²) >= 11 is 0. The quantitative estimate of drug-likeness (QED) is 0.726. The molecule has 0 aromatic rings. The maximum Gasteiger partial charge on any atom is 0.236 e. The molecule has 0 saturated heterocycles. The molecule has 1 rings (SSSR count). The average Bonchev–Trinajstić information content (AvgIpc) is 2.10. The van der Waals surface area contributed by atoms with Crippen molar-refractivity contribution in [1.29, 1.82) is 0 Å². The van der Waals surface area contributed by atoms with Gasteiger partial charge in [0.05, 0.1) is 6.04 Å². The van der Waals surface area contributed by atoms with Gasteiger partial charge in [0.1, 0.15) is 0 Å². The van der Waals surface area contributed by atoms with Gasteiger partial charge in [-0.05, 0) is 38.5 Å². The lowest BCUT2D eigenvalue weighted by molar-refractivity contribution is -0.123. The molecule has 0 radical (unpaired) electrons. The summed E-state index contributed by atoms with van der Waals surface area (Å²) in [6.45, 7) is 9.12. The zero-order chi connectivity index (χ0) is 12.1. The monoisotopic (exact) mass is 226 g/mol. The summed E-state index contributed by atoms with van der Waals surface area (Å²) in [4.78, 5) is 11.7. The number of hydrogen-bond acceptors (Lipinski definition) is 2. The fourth-order valence-electron chi connectivity index (χ4n) is 2.00. The Kier molecular flexibility index (Phi) is 5.26. The Bertz CT molecular complexity index is 224. The van der Waals surface area contributed by atoms with Crippen LogP contribution in [0.2, 0.25) is 0 Å². The second kappa shape index (κ2) is 6.24. The molecule has 2 atom stereocenters. The summed E-state index contributed by atoms with van der Waals surface area (Å²) < 4.78 is 0. The first-order chi connectivity index (χ1) is 7.50. The number of hydrogen-bond donors (Lipinski definition) is 2. The third-order valence-electron chi connectivity index (χ3n) is 3.45. The van der Waals surface area contributed by atoms with Gasteiger partial charge < -0.3 is 10.6 Å². The molecule has 1 aliphatic carbocycles. The molecule has 16 heavy (non-hydrogen) atoms. The number of carbonyl (C=O) groups is 1. The molecule has 3 nitrogen and oxygen atoms in total. The predicted octanol–water partition coefficient (Wildman–Crippen LogP) is 1.93. The van der Waals surface area contributed by atoms with Crippen LogP contribution in [0.3, 0.4) is 0 Å². The van der Waals surface area contributed by atoms with Gasteiger partial charge in [-0.3, -0.25) is 4.79 Å². The van der Waals surface area contributed by atoms with E-state index in [-0.39, 0.29) is 11.9 Å². The molecule has 1 saturated carbocycles. The van der Waals surface area contributed by atoms with Gasteiger partial charge >= 0.3 is 0 Å². The smallest absolute Gasteiger partial charge is 0.236 e. The SMILES string of the molecule is CC(C)CNC(=O)C(C)NC(C)C1CCC1. The summed E-state index contributed by atoms with van der Waals surface area (Å²) in [5.41, 5.74) is 0. The summed E-state index contributed by atoms with van der Waals surface area (Å²) in [5, 5.41) is 6.35. The second-order valence-corrected chi connectivity index (χ2v) is 5.51. The third-order valence-corrected chi connectivity index (χ3v) is 3.45. The van der Waals surface area contributed by atoms with Crippen LogP contribution in [0.15, 0.2) is 0 Å². The van der Waals surface area contributed by atoms with E-state index in [1.807, 2.05) is 6.92 Å². The van der Waals surface area contributed by atoms with E-state index in [1.165, 1.54) is 19.3 Å². The van der Waals surface area contributed by atoms with Gasteiger partial charge in [-0.1, -0.05) is 20.3 Å². The molecule has 0 aromatic carbocycles.